The number of nitrogens with one attached hydrogen (secondary N) is 2. The van der Waals surface area contributed by atoms with Crippen LogP contribution in [0.1, 0.15) is 44.1 Å². The van der Waals surface area contributed by atoms with Gasteiger partial charge in [0.05, 0.1) is 6.61 Å². The molecule has 1 aromatic heterocycles. The average molecular weight is 488 g/mol. The molecule has 6 nitrogen and oxygen atoms in total. The van der Waals surface area contributed by atoms with Crippen molar-refractivity contribution in [2.45, 2.75) is 45.1 Å². The number of hydrogen-bond acceptors (Lipinski definition) is 4. The number of methoxy groups -OCH3 is 1. The molecular formula is C20H33IN4O2. The first kappa shape index (κ1) is 22.2. The SMILES string of the molecule is CN=C(NCc1ccnc(OCC2CC2)c1)NCC1(CCOC)CCC1.I. The second kappa shape index (κ2) is 11.0. The molecule has 2 fully saturated rings. The standard InChI is InChI=1S/C20H32N4O2.HI/c1-21-19(24-15-20(7-3-8-20)9-11-25-2)23-13-17-6-10-22-18(12-17)26-14-16-4-5-16;/h6,10,12,16H,3-5,7-9,11,13-15H2,1-2H3,(H2,21,23,24);1H. The van der Waals surface area contributed by atoms with E-state index in [1.54, 1.807) is 7.11 Å². The summed E-state index contributed by atoms with van der Waals surface area (Å²) in [6, 6.07) is 4.02. The van der Waals surface area contributed by atoms with Gasteiger partial charge in [0.2, 0.25) is 5.88 Å². The summed E-state index contributed by atoms with van der Waals surface area (Å²) in [5, 5.41) is 6.88. The van der Waals surface area contributed by atoms with E-state index >= 15 is 0 Å². The maximum atomic E-state index is 5.76. The second-order valence-corrected chi connectivity index (χ2v) is 7.63. The van der Waals surface area contributed by atoms with Crippen LogP contribution in [0.4, 0.5) is 0 Å². The van der Waals surface area contributed by atoms with Gasteiger partial charge in [-0.05, 0) is 55.1 Å². The van der Waals surface area contributed by atoms with Gasteiger partial charge in [-0.1, -0.05) is 6.42 Å². The number of pyridine rings is 1. The van der Waals surface area contributed by atoms with Crippen molar-refractivity contribution in [3.8, 4) is 5.88 Å². The summed E-state index contributed by atoms with van der Waals surface area (Å²) >= 11 is 0. The van der Waals surface area contributed by atoms with Crippen LogP contribution < -0.4 is 15.4 Å². The molecule has 0 aromatic carbocycles. The van der Waals surface area contributed by atoms with E-state index in [0.717, 1.165) is 43.6 Å². The summed E-state index contributed by atoms with van der Waals surface area (Å²) in [5.41, 5.74) is 1.51. The summed E-state index contributed by atoms with van der Waals surface area (Å²) in [7, 11) is 3.59. The molecule has 1 aromatic rings. The third kappa shape index (κ3) is 7.10. The summed E-state index contributed by atoms with van der Waals surface area (Å²) in [4.78, 5) is 8.65. The molecule has 0 amide bonds. The summed E-state index contributed by atoms with van der Waals surface area (Å²) < 4.78 is 11.0. The molecule has 0 spiro atoms. The minimum atomic E-state index is 0. The quantitative estimate of drug-likeness (QED) is 0.301. The number of aromatic nitrogens is 1. The minimum absolute atomic E-state index is 0. The van der Waals surface area contributed by atoms with Crippen molar-refractivity contribution in [1.82, 2.24) is 15.6 Å². The third-order valence-corrected chi connectivity index (χ3v) is 5.53. The Morgan fingerprint density at radius 3 is 2.78 bits per heavy atom. The number of halogens is 1. The van der Waals surface area contributed by atoms with Crippen molar-refractivity contribution < 1.29 is 9.47 Å². The number of nitrogens with zero attached hydrogens (tertiary/aromatic N) is 2. The fourth-order valence-corrected chi connectivity index (χ4v) is 3.32. The van der Waals surface area contributed by atoms with E-state index in [0.29, 0.717) is 17.8 Å². The molecule has 2 N–H and O–H groups in total. The molecule has 0 radical (unpaired) electrons. The van der Waals surface area contributed by atoms with Gasteiger partial charge in [0, 0.05) is 46.1 Å². The Morgan fingerprint density at radius 2 is 2.15 bits per heavy atom. The van der Waals surface area contributed by atoms with Crippen molar-refractivity contribution in [3.63, 3.8) is 0 Å². The number of guanidine groups is 1. The van der Waals surface area contributed by atoms with E-state index in [-0.39, 0.29) is 24.0 Å². The van der Waals surface area contributed by atoms with Crippen molar-refractivity contribution in [2.24, 2.45) is 16.3 Å². The number of hydrogen-bond donors (Lipinski definition) is 2. The van der Waals surface area contributed by atoms with E-state index in [2.05, 4.69) is 20.6 Å². The van der Waals surface area contributed by atoms with Crippen LogP contribution in [0.2, 0.25) is 0 Å². The highest BCUT2D eigenvalue weighted by Gasteiger charge is 2.36. The van der Waals surface area contributed by atoms with Crippen LogP contribution >= 0.6 is 24.0 Å². The fourth-order valence-electron chi connectivity index (χ4n) is 3.32. The molecule has 7 heteroatoms. The van der Waals surface area contributed by atoms with Crippen LogP contribution in [0.3, 0.4) is 0 Å². The number of rotatable bonds is 10. The molecule has 152 valence electrons. The molecule has 27 heavy (non-hydrogen) atoms. The van der Waals surface area contributed by atoms with Crippen molar-refractivity contribution in [1.29, 1.82) is 0 Å². The molecule has 3 rings (SSSR count). The maximum absolute atomic E-state index is 5.76. The first-order valence-electron chi connectivity index (χ1n) is 9.74. The van der Waals surface area contributed by atoms with Gasteiger partial charge in [0.1, 0.15) is 0 Å². The summed E-state index contributed by atoms with van der Waals surface area (Å²) in [5.74, 6) is 2.29. The average Bonchev–Trinajstić information content (AvgIpc) is 3.46. The normalized spacial score (nSPS) is 18.2. The van der Waals surface area contributed by atoms with Crippen LogP contribution in [0.25, 0.3) is 0 Å². The van der Waals surface area contributed by atoms with Gasteiger partial charge >= 0.3 is 0 Å². The van der Waals surface area contributed by atoms with Crippen LogP contribution in [0.15, 0.2) is 23.3 Å². The fraction of sp³-hybridized carbons (Fsp3) is 0.700. The third-order valence-electron chi connectivity index (χ3n) is 5.53. The second-order valence-electron chi connectivity index (χ2n) is 7.63. The highest BCUT2D eigenvalue weighted by atomic mass is 127. The molecule has 0 saturated heterocycles. The zero-order valence-electron chi connectivity index (χ0n) is 16.5. The van der Waals surface area contributed by atoms with E-state index in [1.165, 1.54) is 32.1 Å². The highest BCUT2D eigenvalue weighted by molar-refractivity contribution is 14.0. The van der Waals surface area contributed by atoms with Gasteiger partial charge in [-0.25, -0.2) is 4.98 Å². The van der Waals surface area contributed by atoms with Gasteiger partial charge in [-0.2, -0.15) is 0 Å². The van der Waals surface area contributed by atoms with Gasteiger partial charge < -0.3 is 20.1 Å². The first-order valence-corrected chi connectivity index (χ1v) is 9.74. The lowest BCUT2D eigenvalue weighted by Gasteiger charge is -2.42. The lowest BCUT2D eigenvalue weighted by Crippen LogP contribution is -2.46. The van der Waals surface area contributed by atoms with E-state index < -0.39 is 0 Å². The monoisotopic (exact) mass is 488 g/mol. The smallest absolute Gasteiger partial charge is 0.213 e. The van der Waals surface area contributed by atoms with Gasteiger partial charge in [-0.15, -0.1) is 24.0 Å². The minimum Gasteiger partial charge on any atom is -0.477 e. The highest BCUT2D eigenvalue weighted by Crippen LogP contribution is 2.43. The van der Waals surface area contributed by atoms with Crippen LogP contribution in [0.5, 0.6) is 5.88 Å². The van der Waals surface area contributed by atoms with Crippen LogP contribution in [-0.4, -0.2) is 44.9 Å². The predicted molar refractivity (Wildman–Crippen MR) is 119 cm³/mol. The van der Waals surface area contributed by atoms with Gasteiger partial charge in [0.15, 0.2) is 5.96 Å². The zero-order chi connectivity index (χ0) is 18.2. The van der Waals surface area contributed by atoms with E-state index in [4.69, 9.17) is 9.47 Å². The molecule has 0 unspecified atom stereocenters. The lowest BCUT2D eigenvalue weighted by molar-refractivity contribution is 0.0732. The van der Waals surface area contributed by atoms with Gasteiger partial charge in [0.25, 0.3) is 0 Å². The molecule has 2 aliphatic carbocycles. The molecule has 0 aliphatic heterocycles. The summed E-state index contributed by atoms with van der Waals surface area (Å²) in [6.45, 7) is 3.26. The predicted octanol–water partition coefficient (Wildman–Crippen LogP) is 3.36. The Bertz CT molecular complexity index is 603. The Labute approximate surface area is 179 Å². The maximum Gasteiger partial charge on any atom is 0.213 e. The largest absolute Gasteiger partial charge is 0.477 e. The van der Waals surface area contributed by atoms with E-state index in [1.807, 2.05) is 25.4 Å². The summed E-state index contributed by atoms with van der Waals surface area (Å²) in [6.07, 6.45) is 9.35. The molecular weight excluding hydrogens is 455 g/mol. The van der Waals surface area contributed by atoms with Crippen molar-refractivity contribution in [3.05, 3.63) is 23.9 Å². The molecule has 1 heterocycles. The molecule has 2 saturated carbocycles. The topological polar surface area (TPSA) is 67.8 Å². The zero-order valence-corrected chi connectivity index (χ0v) is 18.8. The lowest BCUT2D eigenvalue weighted by atomic mass is 9.67. The number of aliphatic imine (C=N–C) groups is 1. The Kier molecular flexibility index (Phi) is 9.08. The van der Waals surface area contributed by atoms with Crippen LogP contribution in [-0.2, 0) is 11.3 Å². The van der Waals surface area contributed by atoms with E-state index in [9.17, 15) is 0 Å². The van der Waals surface area contributed by atoms with Gasteiger partial charge in [-0.3, -0.25) is 4.99 Å². The van der Waals surface area contributed by atoms with Crippen molar-refractivity contribution in [2.75, 3.05) is 33.9 Å². The number of ether oxygens (including phenoxy) is 2. The van der Waals surface area contributed by atoms with Crippen molar-refractivity contribution >= 4 is 29.9 Å². The van der Waals surface area contributed by atoms with Crippen LogP contribution in [0, 0.1) is 11.3 Å². The molecule has 2 aliphatic rings. The molecule has 0 bridgehead atoms. The Balaban J connectivity index is 0.00000261. The first-order chi connectivity index (χ1) is 12.7. The Morgan fingerprint density at radius 1 is 1.33 bits per heavy atom. The molecule has 0 atom stereocenters. The Hall–Kier alpha value is -1.09.